The van der Waals surface area contributed by atoms with Crippen LogP contribution >= 0.6 is 0 Å². The zero-order valence-electron chi connectivity index (χ0n) is 6.12. The SMILES string of the molecule is O=C1[C@@H](O)[C@@H](O)O[C@H](CO)[C@H]1O. The Bertz CT molecular complexity index is 181. The van der Waals surface area contributed by atoms with Gasteiger partial charge in [0.1, 0.15) is 12.2 Å². The predicted molar refractivity (Wildman–Crippen MR) is 35.0 cm³/mol. The van der Waals surface area contributed by atoms with Crippen LogP contribution in [0.5, 0.6) is 0 Å². The summed E-state index contributed by atoms with van der Waals surface area (Å²) < 4.78 is 4.52. The van der Waals surface area contributed by atoms with Crippen LogP contribution in [0.1, 0.15) is 0 Å². The molecule has 6 heteroatoms. The van der Waals surface area contributed by atoms with Gasteiger partial charge in [0.2, 0.25) is 0 Å². The Morgan fingerprint density at radius 1 is 1.25 bits per heavy atom. The highest BCUT2D eigenvalue weighted by Gasteiger charge is 2.42. The number of rotatable bonds is 1. The zero-order valence-corrected chi connectivity index (χ0v) is 6.12. The average molecular weight is 178 g/mol. The number of aliphatic hydroxyl groups excluding tert-OH is 4. The van der Waals surface area contributed by atoms with Gasteiger partial charge in [0.25, 0.3) is 0 Å². The van der Waals surface area contributed by atoms with E-state index in [1.165, 1.54) is 0 Å². The summed E-state index contributed by atoms with van der Waals surface area (Å²) in [5.41, 5.74) is 0. The molecule has 0 aromatic carbocycles. The van der Waals surface area contributed by atoms with Gasteiger partial charge in [-0.15, -0.1) is 0 Å². The standard InChI is InChI=1S/C6H10O6/c7-1-2-3(8)4(9)5(10)6(11)12-2/h2-3,5-8,10-11H,1H2/t2-,3-,5-,6+/m1/s1. The smallest absolute Gasteiger partial charge is 0.197 e. The monoisotopic (exact) mass is 178 g/mol. The first-order valence-electron chi connectivity index (χ1n) is 3.42. The van der Waals surface area contributed by atoms with Crippen LogP contribution in [0.25, 0.3) is 0 Å². The highest BCUT2D eigenvalue weighted by molar-refractivity contribution is 5.88. The number of ketones is 1. The fourth-order valence-corrected chi connectivity index (χ4v) is 0.969. The summed E-state index contributed by atoms with van der Waals surface area (Å²) in [6, 6.07) is 0. The van der Waals surface area contributed by atoms with Gasteiger partial charge in [-0.2, -0.15) is 0 Å². The lowest BCUT2D eigenvalue weighted by molar-refractivity contribution is -0.238. The number of carbonyl (C=O) groups is 1. The maximum atomic E-state index is 10.9. The molecular formula is C6H10O6. The van der Waals surface area contributed by atoms with Crippen molar-refractivity contribution >= 4 is 5.78 Å². The summed E-state index contributed by atoms with van der Waals surface area (Å²) >= 11 is 0. The Balaban J connectivity index is 2.70. The van der Waals surface area contributed by atoms with Crippen molar-refractivity contribution in [1.82, 2.24) is 0 Å². The number of hydrogen-bond acceptors (Lipinski definition) is 6. The fourth-order valence-electron chi connectivity index (χ4n) is 0.969. The molecule has 0 bridgehead atoms. The van der Waals surface area contributed by atoms with Crippen LogP contribution in [0.15, 0.2) is 0 Å². The predicted octanol–water partition coefficient (Wildman–Crippen LogP) is -3.01. The number of ether oxygens (including phenoxy) is 1. The summed E-state index contributed by atoms with van der Waals surface area (Å²) in [5.74, 6) is -0.937. The van der Waals surface area contributed by atoms with E-state index in [-0.39, 0.29) is 0 Å². The van der Waals surface area contributed by atoms with Crippen LogP contribution < -0.4 is 0 Å². The minimum absolute atomic E-state index is 0.587. The van der Waals surface area contributed by atoms with Crippen molar-refractivity contribution < 1.29 is 30.0 Å². The van der Waals surface area contributed by atoms with Crippen LogP contribution in [-0.2, 0) is 9.53 Å². The Morgan fingerprint density at radius 3 is 2.33 bits per heavy atom. The van der Waals surface area contributed by atoms with Crippen LogP contribution in [0.4, 0.5) is 0 Å². The molecule has 1 aliphatic heterocycles. The Labute approximate surface area is 68.0 Å². The van der Waals surface area contributed by atoms with Crippen molar-refractivity contribution in [3.8, 4) is 0 Å². The quantitative estimate of drug-likeness (QED) is 0.340. The molecule has 0 saturated carbocycles. The number of Topliss-reactive ketones (excluding diaryl/α,β-unsaturated/α-hetero) is 1. The lowest BCUT2D eigenvalue weighted by Gasteiger charge is -2.32. The first-order valence-corrected chi connectivity index (χ1v) is 3.42. The minimum Gasteiger partial charge on any atom is -0.394 e. The van der Waals surface area contributed by atoms with Crippen molar-refractivity contribution in [2.24, 2.45) is 0 Å². The summed E-state index contributed by atoms with van der Waals surface area (Å²) in [6.45, 7) is -0.587. The molecule has 6 nitrogen and oxygen atoms in total. The molecule has 4 atom stereocenters. The number of aliphatic hydroxyl groups is 4. The molecule has 0 spiro atoms. The highest BCUT2D eigenvalue weighted by atomic mass is 16.6. The fraction of sp³-hybridized carbons (Fsp3) is 0.833. The van der Waals surface area contributed by atoms with Gasteiger partial charge in [0.15, 0.2) is 18.2 Å². The van der Waals surface area contributed by atoms with Gasteiger partial charge in [-0.1, -0.05) is 0 Å². The van der Waals surface area contributed by atoms with E-state index in [4.69, 9.17) is 20.4 Å². The topological polar surface area (TPSA) is 107 Å². The molecule has 0 aromatic rings. The summed E-state index contributed by atoms with van der Waals surface area (Å²) in [4.78, 5) is 10.9. The van der Waals surface area contributed by atoms with Gasteiger partial charge in [0, 0.05) is 0 Å². The van der Waals surface area contributed by atoms with Crippen LogP contribution in [-0.4, -0.2) is 57.4 Å². The largest absolute Gasteiger partial charge is 0.394 e. The van der Waals surface area contributed by atoms with E-state index in [1.807, 2.05) is 0 Å². The highest BCUT2D eigenvalue weighted by Crippen LogP contribution is 2.15. The van der Waals surface area contributed by atoms with E-state index in [0.29, 0.717) is 0 Å². The van der Waals surface area contributed by atoms with E-state index >= 15 is 0 Å². The van der Waals surface area contributed by atoms with Gasteiger partial charge in [0.05, 0.1) is 6.61 Å². The molecule has 0 radical (unpaired) electrons. The third kappa shape index (κ3) is 1.47. The molecule has 1 fully saturated rings. The normalized spacial score (nSPS) is 43.2. The molecule has 0 amide bonds. The van der Waals surface area contributed by atoms with Crippen LogP contribution in [0.3, 0.4) is 0 Å². The van der Waals surface area contributed by atoms with Crippen molar-refractivity contribution in [3.63, 3.8) is 0 Å². The second-order valence-corrected chi connectivity index (χ2v) is 2.54. The Hall–Kier alpha value is -0.530. The maximum absolute atomic E-state index is 10.9. The lowest BCUT2D eigenvalue weighted by Crippen LogP contribution is -2.55. The molecule has 1 rings (SSSR count). The number of carbonyl (C=O) groups excluding carboxylic acids is 1. The first kappa shape index (κ1) is 9.56. The minimum atomic E-state index is -1.73. The molecule has 0 unspecified atom stereocenters. The van der Waals surface area contributed by atoms with Gasteiger partial charge in [-0.25, -0.2) is 0 Å². The second kappa shape index (κ2) is 3.46. The summed E-state index contributed by atoms with van der Waals surface area (Å²) in [5, 5.41) is 35.3. The van der Waals surface area contributed by atoms with Gasteiger partial charge >= 0.3 is 0 Å². The van der Waals surface area contributed by atoms with E-state index in [0.717, 1.165) is 0 Å². The van der Waals surface area contributed by atoms with Crippen molar-refractivity contribution in [1.29, 1.82) is 0 Å². The van der Waals surface area contributed by atoms with Gasteiger partial charge in [-0.05, 0) is 0 Å². The molecule has 1 aliphatic rings. The molecule has 4 N–H and O–H groups in total. The molecule has 1 heterocycles. The summed E-state index contributed by atoms with van der Waals surface area (Å²) in [7, 11) is 0. The molecule has 0 aliphatic carbocycles. The molecule has 1 saturated heterocycles. The van der Waals surface area contributed by atoms with Crippen molar-refractivity contribution in [3.05, 3.63) is 0 Å². The maximum Gasteiger partial charge on any atom is 0.197 e. The van der Waals surface area contributed by atoms with E-state index in [2.05, 4.69) is 4.74 Å². The lowest BCUT2D eigenvalue weighted by atomic mass is 10.0. The van der Waals surface area contributed by atoms with Crippen molar-refractivity contribution in [2.75, 3.05) is 6.61 Å². The molecular weight excluding hydrogens is 168 g/mol. The van der Waals surface area contributed by atoms with E-state index in [9.17, 15) is 4.79 Å². The van der Waals surface area contributed by atoms with E-state index in [1.54, 1.807) is 0 Å². The van der Waals surface area contributed by atoms with E-state index < -0.39 is 37.0 Å². The van der Waals surface area contributed by atoms with Gasteiger partial charge < -0.3 is 25.2 Å². The van der Waals surface area contributed by atoms with Crippen molar-refractivity contribution in [2.45, 2.75) is 24.6 Å². The third-order valence-electron chi connectivity index (χ3n) is 1.70. The second-order valence-electron chi connectivity index (χ2n) is 2.54. The number of hydrogen-bond donors (Lipinski definition) is 4. The molecule has 70 valence electrons. The zero-order chi connectivity index (χ0) is 9.30. The van der Waals surface area contributed by atoms with Crippen LogP contribution in [0.2, 0.25) is 0 Å². The van der Waals surface area contributed by atoms with Crippen LogP contribution in [0, 0.1) is 0 Å². The Morgan fingerprint density at radius 2 is 1.83 bits per heavy atom. The molecule has 12 heavy (non-hydrogen) atoms. The van der Waals surface area contributed by atoms with Gasteiger partial charge in [-0.3, -0.25) is 4.79 Å². The molecule has 0 aromatic heterocycles. The Kier molecular flexibility index (Phi) is 2.76. The summed E-state index contributed by atoms with van der Waals surface area (Å²) in [6.07, 6.45) is -6.13. The third-order valence-corrected chi connectivity index (χ3v) is 1.70. The average Bonchev–Trinajstić information content (AvgIpc) is 2.08. The first-order chi connectivity index (χ1) is 5.57.